The first-order valence-corrected chi connectivity index (χ1v) is 7.83. The molecule has 1 unspecified atom stereocenters. The fourth-order valence-corrected chi connectivity index (χ4v) is 2.85. The van der Waals surface area contributed by atoms with Crippen LogP contribution in [0.5, 0.6) is 0 Å². The number of nitrogens with zero attached hydrogens (tertiary/aromatic N) is 4. The lowest BCUT2D eigenvalue weighted by atomic mass is 10.1. The maximum Gasteiger partial charge on any atom is 0.271 e. The molecule has 6 nitrogen and oxygen atoms in total. The zero-order chi connectivity index (χ0) is 15.6. The summed E-state index contributed by atoms with van der Waals surface area (Å²) in [5.74, 6) is -0.141. The summed E-state index contributed by atoms with van der Waals surface area (Å²) in [6.07, 6.45) is 3.46. The smallest absolute Gasteiger partial charge is 0.271 e. The minimum Gasteiger partial charge on any atom is -0.344 e. The second-order valence-corrected chi connectivity index (χ2v) is 5.71. The van der Waals surface area contributed by atoms with Gasteiger partial charge in [-0.05, 0) is 43.6 Å². The van der Waals surface area contributed by atoms with E-state index in [4.69, 9.17) is 0 Å². The number of nitrogens with one attached hydrogen (secondary N) is 1. The highest BCUT2D eigenvalue weighted by Crippen LogP contribution is 2.20. The number of aromatic nitrogens is 4. The molecule has 2 heterocycles. The Kier molecular flexibility index (Phi) is 4.82. The van der Waals surface area contributed by atoms with Crippen LogP contribution in [-0.4, -0.2) is 25.5 Å². The molecule has 0 saturated carbocycles. The van der Waals surface area contributed by atoms with E-state index in [2.05, 4.69) is 31.4 Å². The molecule has 0 bridgehead atoms. The third kappa shape index (κ3) is 3.02. The van der Waals surface area contributed by atoms with Crippen LogP contribution in [0, 0.1) is 6.92 Å². The zero-order valence-electron chi connectivity index (χ0n) is 12.7. The summed E-state index contributed by atoms with van der Waals surface area (Å²) in [5.41, 5.74) is 2.65. The van der Waals surface area contributed by atoms with Gasteiger partial charge in [0.25, 0.3) is 5.91 Å². The molecule has 21 heavy (non-hydrogen) atoms. The van der Waals surface area contributed by atoms with Crippen molar-refractivity contribution in [2.75, 3.05) is 0 Å². The van der Waals surface area contributed by atoms with Crippen molar-refractivity contribution in [1.29, 1.82) is 0 Å². The number of hydrogen-bond acceptors (Lipinski definition) is 3. The third-order valence-corrected chi connectivity index (χ3v) is 4.14. The molecule has 2 rings (SSSR count). The van der Waals surface area contributed by atoms with Crippen LogP contribution in [-0.2, 0) is 13.1 Å². The number of aryl methyl sites for hydroxylation is 2. The predicted octanol–water partition coefficient (Wildman–Crippen LogP) is 2.68. The largest absolute Gasteiger partial charge is 0.344 e. The Morgan fingerprint density at radius 3 is 2.48 bits per heavy atom. The molecule has 7 heteroatoms. The van der Waals surface area contributed by atoms with Gasteiger partial charge in [0.05, 0.1) is 22.9 Å². The van der Waals surface area contributed by atoms with Crippen molar-refractivity contribution in [2.24, 2.45) is 0 Å². The average molecular weight is 354 g/mol. The SMILES string of the molecule is CCn1ncc(C(C)NC(=O)c2c(Br)cnn2CC)c1C. The Morgan fingerprint density at radius 2 is 1.90 bits per heavy atom. The summed E-state index contributed by atoms with van der Waals surface area (Å²) < 4.78 is 4.30. The molecule has 2 aromatic heterocycles. The van der Waals surface area contributed by atoms with E-state index >= 15 is 0 Å². The van der Waals surface area contributed by atoms with E-state index in [0.29, 0.717) is 16.7 Å². The molecule has 1 amide bonds. The Hall–Kier alpha value is -1.63. The summed E-state index contributed by atoms with van der Waals surface area (Å²) in [5, 5.41) is 11.5. The summed E-state index contributed by atoms with van der Waals surface area (Å²) >= 11 is 3.37. The Bertz CT molecular complexity index is 646. The van der Waals surface area contributed by atoms with Crippen LogP contribution < -0.4 is 5.32 Å². The van der Waals surface area contributed by atoms with E-state index in [1.807, 2.05) is 38.6 Å². The highest BCUT2D eigenvalue weighted by molar-refractivity contribution is 9.10. The lowest BCUT2D eigenvalue weighted by molar-refractivity contribution is 0.0928. The van der Waals surface area contributed by atoms with Crippen molar-refractivity contribution < 1.29 is 4.79 Å². The van der Waals surface area contributed by atoms with Crippen LogP contribution in [0.25, 0.3) is 0 Å². The first kappa shape index (κ1) is 15.8. The molecule has 0 spiro atoms. The second-order valence-electron chi connectivity index (χ2n) is 4.85. The minimum absolute atomic E-state index is 0.107. The monoisotopic (exact) mass is 353 g/mol. The average Bonchev–Trinajstić information content (AvgIpc) is 3.01. The van der Waals surface area contributed by atoms with Gasteiger partial charge in [-0.25, -0.2) is 0 Å². The van der Waals surface area contributed by atoms with Crippen molar-refractivity contribution >= 4 is 21.8 Å². The molecule has 0 aliphatic carbocycles. The van der Waals surface area contributed by atoms with Gasteiger partial charge in [0.2, 0.25) is 0 Å². The Morgan fingerprint density at radius 1 is 1.29 bits per heavy atom. The van der Waals surface area contributed by atoms with Crippen molar-refractivity contribution in [3.05, 3.63) is 33.8 Å². The third-order valence-electron chi connectivity index (χ3n) is 3.56. The molecule has 1 N–H and O–H groups in total. The summed E-state index contributed by atoms with van der Waals surface area (Å²) in [4.78, 5) is 12.4. The van der Waals surface area contributed by atoms with Gasteiger partial charge in [-0.2, -0.15) is 10.2 Å². The molecule has 0 saturated heterocycles. The molecule has 0 aromatic carbocycles. The Labute approximate surface area is 132 Å². The van der Waals surface area contributed by atoms with E-state index in [1.165, 1.54) is 0 Å². The van der Waals surface area contributed by atoms with Gasteiger partial charge in [0, 0.05) is 24.3 Å². The van der Waals surface area contributed by atoms with Gasteiger partial charge in [0.1, 0.15) is 5.69 Å². The van der Waals surface area contributed by atoms with Crippen LogP contribution in [0.2, 0.25) is 0 Å². The molecule has 1 atom stereocenters. The van der Waals surface area contributed by atoms with Crippen LogP contribution >= 0.6 is 15.9 Å². The van der Waals surface area contributed by atoms with E-state index in [1.54, 1.807) is 10.9 Å². The molecule has 0 fully saturated rings. The maximum atomic E-state index is 12.4. The first-order valence-electron chi connectivity index (χ1n) is 7.04. The van der Waals surface area contributed by atoms with Crippen molar-refractivity contribution in [1.82, 2.24) is 24.9 Å². The van der Waals surface area contributed by atoms with E-state index in [0.717, 1.165) is 17.8 Å². The van der Waals surface area contributed by atoms with Gasteiger partial charge >= 0.3 is 0 Å². The maximum absolute atomic E-state index is 12.4. The number of amides is 1. The quantitative estimate of drug-likeness (QED) is 0.898. The van der Waals surface area contributed by atoms with E-state index in [-0.39, 0.29) is 11.9 Å². The van der Waals surface area contributed by atoms with Crippen LogP contribution in [0.4, 0.5) is 0 Å². The van der Waals surface area contributed by atoms with Gasteiger partial charge in [-0.1, -0.05) is 0 Å². The van der Waals surface area contributed by atoms with E-state index < -0.39 is 0 Å². The molecule has 114 valence electrons. The second kappa shape index (κ2) is 6.43. The van der Waals surface area contributed by atoms with Gasteiger partial charge in [-0.3, -0.25) is 14.2 Å². The minimum atomic E-state index is -0.141. The van der Waals surface area contributed by atoms with Gasteiger partial charge in [-0.15, -0.1) is 0 Å². The number of carbonyl (C=O) groups is 1. The predicted molar refractivity (Wildman–Crippen MR) is 84.1 cm³/mol. The highest BCUT2D eigenvalue weighted by Gasteiger charge is 2.20. The molecular formula is C14H20BrN5O. The lowest BCUT2D eigenvalue weighted by Gasteiger charge is -2.14. The lowest BCUT2D eigenvalue weighted by Crippen LogP contribution is -2.29. The molecule has 0 radical (unpaired) electrons. The standard InChI is InChI=1S/C14H20BrN5O/c1-5-19-10(4)11(7-16-19)9(3)18-14(21)13-12(15)8-17-20(13)6-2/h7-9H,5-6H2,1-4H3,(H,18,21). The fraction of sp³-hybridized carbons (Fsp3) is 0.500. The van der Waals surface area contributed by atoms with Gasteiger partial charge in [0.15, 0.2) is 0 Å². The van der Waals surface area contributed by atoms with Crippen LogP contribution in [0.1, 0.15) is 48.6 Å². The zero-order valence-corrected chi connectivity index (χ0v) is 14.3. The van der Waals surface area contributed by atoms with Crippen molar-refractivity contribution in [3.8, 4) is 0 Å². The van der Waals surface area contributed by atoms with Crippen LogP contribution in [0.15, 0.2) is 16.9 Å². The molecular weight excluding hydrogens is 334 g/mol. The fourth-order valence-electron chi connectivity index (χ4n) is 2.38. The number of rotatable bonds is 5. The topological polar surface area (TPSA) is 64.7 Å². The highest BCUT2D eigenvalue weighted by atomic mass is 79.9. The summed E-state index contributed by atoms with van der Waals surface area (Å²) in [6.45, 7) is 9.44. The number of hydrogen-bond donors (Lipinski definition) is 1. The number of halogens is 1. The van der Waals surface area contributed by atoms with Crippen molar-refractivity contribution in [3.63, 3.8) is 0 Å². The molecule has 2 aromatic rings. The first-order chi connectivity index (χ1) is 9.99. The Balaban J connectivity index is 2.19. The van der Waals surface area contributed by atoms with Crippen molar-refractivity contribution in [2.45, 2.75) is 46.8 Å². The van der Waals surface area contributed by atoms with E-state index in [9.17, 15) is 4.79 Å². The summed E-state index contributed by atoms with van der Waals surface area (Å²) in [6, 6.07) is -0.107. The molecule has 0 aliphatic heterocycles. The molecule has 0 aliphatic rings. The normalized spacial score (nSPS) is 12.4. The summed E-state index contributed by atoms with van der Waals surface area (Å²) in [7, 11) is 0. The van der Waals surface area contributed by atoms with Crippen LogP contribution in [0.3, 0.4) is 0 Å². The van der Waals surface area contributed by atoms with Gasteiger partial charge < -0.3 is 5.32 Å². The number of carbonyl (C=O) groups excluding carboxylic acids is 1.